The standard InChI is InChI=1S/C19H20BrN3O2S/c20-17-10-9-16(25-17)18-21-22-19(26-13-15-8-4-5-11-24-15)23(18)12-14-6-2-1-3-7-14/h1-3,6-7,9-10,15H,4-5,8,11-13H2. The Morgan fingerprint density at radius 2 is 2.00 bits per heavy atom. The molecule has 0 radical (unpaired) electrons. The fourth-order valence-electron chi connectivity index (χ4n) is 3.03. The fraction of sp³-hybridized carbons (Fsp3) is 0.368. The first-order chi connectivity index (χ1) is 12.8. The fourth-order valence-corrected chi connectivity index (χ4v) is 4.34. The van der Waals surface area contributed by atoms with Crippen molar-refractivity contribution in [3.05, 3.63) is 52.7 Å². The number of benzene rings is 1. The number of ether oxygens (including phenoxy) is 1. The quantitative estimate of drug-likeness (QED) is 0.511. The molecule has 5 nitrogen and oxygen atoms in total. The van der Waals surface area contributed by atoms with Gasteiger partial charge in [-0.1, -0.05) is 42.1 Å². The van der Waals surface area contributed by atoms with Gasteiger partial charge in [-0.15, -0.1) is 10.2 Å². The van der Waals surface area contributed by atoms with Gasteiger partial charge in [0.25, 0.3) is 0 Å². The monoisotopic (exact) mass is 433 g/mol. The van der Waals surface area contributed by atoms with Crippen molar-refractivity contribution in [3.63, 3.8) is 0 Å². The van der Waals surface area contributed by atoms with Crippen molar-refractivity contribution in [1.29, 1.82) is 0 Å². The van der Waals surface area contributed by atoms with Crippen LogP contribution in [0.5, 0.6) is 0 Å². The lowest BCUT2D eigenvalue weighted by molar-refractivity contribution is 0.0315. The molecular weight excluding hydrogens is 414 g/mol. The van der Waals surface area contributed by atoms with Crippen LogP contribution in [0.1, 0.15) is 24.8 Å². The highest BCUT2D eigenvalue weighted by Gasteiger charge is 2.20. The number of rotatable bonds is 6. The molecular formula is C19H20BrN3O2S. The van der Waals surface area contributed by atoms with E-state index in [4.69, 9.17) is 9.15 Å². The summed E-state index contributed by atoms with van der Waals surface area (Å²) in [5.74, 6) is 2.35. The number of thioether (sulfide) groups is 1. The van der Waals surface area contributed by atoms with E-state index >= 15 is 0 Å². The zero-order chi connectivity index (χ0) is 17.8. The molecule has 4 rings (SSSR count). The number of aromatic nitrogens is 3. The van der Waals surface area contributed by atoms with Crippen LogP contribution in [0.25, 0.3) is 11.6 Å². The van der Waals surface area contributed by atoms with Crippen molar-refractivity contribution in [2.24, 2.45) is 0 Å². The Labute approximate surface area is 165 Å². The molecule has 0 bridgehead atoms. The minimum absolute atomic E-state index is 0.303. The minimum atomic E-state index is 0.303. The van der Waals surface area contributed by atoms with E-state index in [0.717, 1.165) is 29.8 Å². The van der Waals surface area contributed by atoms with Gasteiger partial charge in [0, 0.05) is 12.4 Å². The second-order valence-corrected chi connectivity index (χ2v) is 8.05. The van der Waals surface area contributed by atoms with E-state index in [2.05, 4.69) is 42.8 Å². The van der Waals surface area contributed by atoms with Crippen molar-refractivity contribution in [2.75, 3.05) is 12.4 Å². The summed E-state index contributed by atoms with van der Waals surface area (Å²) in [6, 6.07) is 14.1. The lowest BCUT2D eigenvalue weighted by atomic mass is 10.1. The van der Waals surface area contributed by atoms with Gasteiger partial charge in [-0.3, -0.25) is 4.57 Å². The topological polar surface area (TPSA) is 53.1 Å². The van der Waals surface area contributed by atoms with Gasteiger partial charge in [0.15, 0.2) is 15.6 Å². The molecule has 1 saturated heterocycles. The molecule has 0 N–H and O–H groups in total. The normalized spacial score (nSPS) is 17.5. The number of furan rings is 1. The van der Waals surface area contributed by atoms with E-state index in [1.54, 1.807) is 11.8 Å². The summed E-state index contributed by atoms with van der Waals surface area (Å²) < 4.78 is 14.4. The van der Waals surface area contributed by atoms with E-state index in [-0.39, 0.29) is 0 Å². The number of halogens is 1. The first-order valence-electron chi connectivity index (χ1n) is 8.77. The third kappa shape index (κ3) is 4.22. The number of hydrogen-bond acceptors (Lipinski definition) is 5. The summed E-state index contributed by atoms with van der Waals surface area (Å²) >= 11 is 5.07. The van der Waals surface area contributed by atoms with E-state index in [1.807, 2.05) is 30.3 Å². The average Bonchev–Trinajstić information content (AvgIpc) is 3.28. The van der Waals surface area contributed by atoms with Crippen molar-refractivity contribution in [2.45, 2.75) is 37.1 Å². The summed E-state index contributed by atoms with van der Waals surface area (Å²) in [5, 5.41) is 9.72. The molecule has 1 aliphatic heterocycles. The zero-order valence-electron chi connectivity index (χ0n) is 14.3. The Kier molecular flexibility index (Phi) is 5.77. The average molecular weight is 434 g/mol. The number of nitrogens with zero attached hydrogens (tertiary/aromatic N) is 3. The van der Waals surface area contributed by atoms with Crippen molar-refractivity contribution in [3.8, 4) is 11.6 Å². The van der Waals surface area contributed by atoms with Crippen LogP contribution < -0.4 is 0 Å². The molecule has 26 heavy (non-hydrogen) atoms. The molecule has 1 atom stereocenters. The van der Waals surface area contributed by atoms with E-state index in [9.17, 15) is 0 Å². The van der Waals surface area contributed by atoms with Crippen LogP contribution in [-0.2, 0) is 11.3 Å². The van der Waals surface area contributed by atoms with Gasteiger partial charge in [-0.25, -0.2) is 0 Å². The summed E-state index contributed by atoms with van der Waals surface area (Å²) in [4.78, 5) is 0. The van der Waals surface area contributed by atoms with Crippen LogP contribution in [0.2, 0.25) is 0 Å². The van der Waals surface area contributed by atoms with Crippen LogP contribution in [-0.4, -0.2) is 33.2 Å². The second-order valence-electron chi connectivity index (χ2n) is 6.28. The minimum Gasteiger partial charge on any atom is -0.446 e. The maximum atomic E-state index is 5.85. The van der Waals surface area contributed by atoms with E-state index in [1.165, 1.54) is 18.4 Å². The number of hydrogen-bond donors (Lipinski definition) is 0. The van der Waals surface area contributed by atoms with Crippen LogP contribution in [0.4, 0.5) is 0 Å². The Balaban J connectivity index is 1.59. The Morgan fingerprint density at radius 1 is 1.12 bits per heavy atom. The van der Waals surface area contributed by atoms with Crippen molar-refractivity contribution in [1.82, 2.24) is 14.8 Å². The van der Waals surface area contributed by atoms with Crippen molar-refractivity contribution < 1.29 is 9.15 Å². The molecule has 0 aliphatic carbocycles. The molecule has 1 unspecified atom stereocenters. The molecule has 1 fully saturated rings. The van der Waals surface area contributed by atoms with Crippen LogP contribution >= 0.6 is 27.7 Å². The Hall–Kier alpha value is -1.57. The van der Waals surface area contributed by atoms with Gasteiger partial charge < -0.3 is 9.15 Å². The lowest BCUT2D eigenvalue weighted by Gasteiger charge is -2.21. The molecule has 7 heteroatoms. The first-order valence-corrected chi connectivity index (χ1v) is 10.5. The van der Waals surface area contributed by atoms with Crippen LogP contribution in [0.3, 0.4) is 0 Å². The van der Waals surface area contributed by atoms with E-state index < -0.39 is 0 Å². The predicted octanol–water partition coefficient (Wildman–Crippen LogP) is 5.01. The van der Waals surface area contributed by atoms with Gasteiger partial charge in [0.05, 0.1) is 12.6 Å². The lowest BCUT2D eigenvalue weighted by Crippen LogP contribution is -2.21. The van der Waals surface area contributed by atoms with Crippen molar-refractivity contribution >= 4 is 27.7 Å². The SMILES string of the molecule is Brc1ccc(-c2nnc(SCC3CCCCO3)n2Cc2ccccc2)o1. The zero-order valence-corrected chi connectivity index (χ0v) is 16.7. The molecule has 1 aromatic carbocycles. The van der Waals surface area contributed by atoms with Crippen LogP contribution in [0, 0.1) is 0 Å². The first kappa shape index (κ1) is 17.8. The van der Waals surface area contributed by atoms with Crippen LogP contribution in [0.15, 0.2) is 56.7 Å². The second kappa shape index (κ2) is 8.41. The van der Waals surface area contributed by atoms with Gasteiger partial charge in [-0.2, -0.15) is 0 Å². The molecule has 3 heterocycles. The Bertz CT molecular complexity index is 844. The largest absolute Gasteiger partial charge is 0.446 e. The smallest absolute Gasteiger partial charge is 0.200 e. The molecule has 2 aromatic heterocycles. The maximum absolute atomic E-state index is 5.85. The Morgan fingerprint density at radius 3 is 2.73 bits per heavy atom. The molecule has 0 amide bonds. The highest BCUT2D eigenvalue weighted by Crippen LogP contribution is 2.29. The maximum Gasteiger partial charge on any atom is 0.200 e. The van der Waals surface area contributed by atoms with Gasteiger partial charge in [0.2, 0.25) is 5.82 Å². The molecule has 3 aromatic rings. The molecule has 1 aliphatic rings. The van der Waals surface area contributed by atoms with E-state index in [0.29, 0.717) is 23.1 Å². The summed E-state index contributed by atoms with van der Waals surface area (Å²) in [6.45, 7) is 1.57. The molecule has 0 spiro atoms. The third-order valence-electron chi connectivity index (χ3n) is 4.37. The summed E-state index contributed by atoms with van der Waals surface area (Å²) in [6.07, 6.45) is 3.84. The molecule has 0 saturated carbocycles. The highest BCUT2D eigenvalue weighted by atomic mass is 79.9. The third-order valence-corrected chi connectivity index (χ3v) is 5.89. The van der Waals surface area contributed by atoms with Gasteiger partial charge in [-0.05, 0) is 52.9 Å². The predicted molar refractivity (Wildman–Crippen MR) is 105 cm³/mol. The van der Waals surface area contributed by atoms with Gasteiger partial charge in [0.1, 0.15) is 0 Å². The molecule has 136 valence electrons. The summed E-state index contributed by atoms with van der Waals surface area (Å²) in [7, 11) is 0. The van der Waals surface area contributed by atoms with Gasteiger partial charge >= 0.3 is 0 Å². The summed E-state index contributed by atoms with van der Waals surface area (Å²) in [5.41, 5.74) is 1.20. The highest BCUT2D eigenvalue weighted by molar-refractivity contribution is 9.10.